The Bertz CT molecular complexity index is 330. The second kappa shape index (κ2) is 5.25. The highest BCUT2D eigenvalue weighted by Gasteiger charge is 2.05. The van der Waals surface area contributed by atoms with Gasteiger partial charge in [0.25, 0.3) is 0 Å². The monoisotopic (exact) mass is 190 g/mol. The number of hydrogen-bond acceptors (Lipinski definition) is 3. The van der Waals surface area contributed by atoms with Crippen LogP contribution in [0.25, 0.3) is 0 Å². The van der Waals surface area contributed by atoms with E-state index in [1.54, 1.807) is 6.92 Å². The van der Waals surface area contributed by atoms with Crippen molar-refractivity contribution in [3.05, 3.63) is 29.8 Å². The summed E-state index contributed by atoms with van der Waals surface area (Å²) in [5, 5.41) is 11.7. The van der Waals surface area contributed by atoms with E-state index >= 15 is 0 Å². The van der Waals surface area contributed by atoms with Crippen LogP contribution in [0.15, 0.2) is 24.3 Å². The first-order valence-corrected chi connectivity index (χ1v) is 4.56. The molecule has 0 radical (unpaired) electrons. The van der Waals surface area contributed by atoms with E-state index in [0.29, 0.717) is 0 Å². The Morgan fingerprint density at radius 1 is 1.50 bits per heavy atom. The summed E-state index contributed by atoms with van der Waals surface area (Å²) < 4.78 is 5.45. The topological polar surface area (TPSA) is 45.0 Å². The molecule has 3 nitrogen and oxygen atoms in total. The van der Waals surface area contributed by atoms with Gasteiger partial charge in [-0.15, -0.1) is 0 Å². The van der Waals surface area contributed by atoms with Gasteiger partial charge in [-0.3, -0.25) is 0 Å². The van der Waals surface area contributed by atoms with Crippen molar-refractivity contribution >= 4 is 0 Å². The highest BCUT2D eigenvalue weighted by Crippen LogP contribution is 2.18. The third kappa shape index (κ3) is 2.75. The second-order valence-electron chi connectivity index (χ2n) is 3.03. The van der Waals surface area contributed by atoms with Gasteiger partial charge in [0.15, 0.2) is 6.10 Å². The average molecular weight is 190 g/mol. The number of benzene rings is 1. The second-order valence-corrected chi connectivity index (χ2v) is 3.03. The van der Waals surface area contributed by atoms with Gasteiger partial charge >= 0.3 is 0 Å². The van der Waals surface area contributed by atoms with Gasteiger partial charge in [0.1, 0.15) is 11.8 Å². The molecule has 0 aliphatic heterocycles. The molecule has 1 aromatic carbocycles. The zero-order chi connectivity index (χ0) is 10.4. The van der Waals surface area contributed by atoms with Crippen molar-refractivity contribution in [2.24, 2.45) is 0 Å². The van der Waals surface area contributed by atoms with Gasteiger partial charge in [0.2, 0.25) is 0 Å². The molecule has 14 heavy (non-hydrogen) atoms. The lowest BCUT2D eigenvalue weighted by molar-refractivity contribution is 0.273. The number of rotatable bonds is 4. The number of ether oxygens (including phenoxy) is 1. The number of nitrogens with one attached hydrogen (secondary N) is 1. The van der Waals surface area contributed by atoms with Crippen LogP contribution in [0.4, 0.5) is 0 Å². The van der Waals surface area contributed by atoms with Crippen molar-refractivity contribution in [2.75, 3.05) is 7.05 Å². The largest absolute Gasteiger partial charge is 0.476 e. The molecule has 74 valence electrons. The lowest BCUT2D eigenvalue weighted by Gasteiger charge is -2.11. The molecule has 0 spiro atoms. The summed E-state index contributed by atoms with van der Waals surface area (Å²) >= 11 is 0. The van der Waals surface area contributed by atoms with E-state index in [9.17, 15) is 0 Å². The Balaban J connectivity index is 2.79. The van der Waals surface area contributed by atoms with Gasteiger partial charge in [-0.25, -0.2) is 0 Å². The van der Waals surface area contributed by atoms with Crippen molar-refractivity contribution < 1.29 is 4.74 Å². The maximum atomic E-state index is 8.63. The zero-order valence-electron chi connectivity index (χ0n) is 8.45. The average Bonchev–Trinajstić information content (AvgIpc) is 2.21. The molecule has 1 atom stereocenters. The Hall–Kier alpha value is -1.53. The molecule has 0 saturated carbocycles. The van der Waals surface area contributed by atoms with Crippen molar-refractivity contribution in [3.63, 3.8) is 0 Å². The van der Waals surface area contributed by atoms with Crippen LogP contribution in [0.1, 0.15) is 12.5 Å². The van der Waals surface area contributed by atoms with Crippen molar-refractivity contribution in [3.8, 4) is 11.8 Å². The number of nitriles is 1. The minimum atomic E-state index is -0.409. The van der Waals surface area contributed by atoms with Crippen molar-refractivity contribution in [1.82, 2.24) is 5.32 Å². The maximum Gasteiger partial charge on any atom is 0.181 e. The van der Waals surface area contributed by atoms with Crippen LogP contribution >= 0.6 is 0 Å². The molecule has 0 saturated heterocycles. The summed E-state index contributed by atoms with van der Waals surface area (Å²) in [5.74, 6) is 0.774. The SMILES string of the molecule is CNCc1ccccc1OC(C)C#N. The summed E-state index contributed by atoms with van der Waals surface area (Å²) in [6, 6.07) is 9.75. The number of nitrogens with zero attached hydrogens (tertiary/aromatic N) is 1. The van der Waals surface area contributed by atoms with Crippen LogP contribution in [-0.4, -0.2) is 13.2 Å². The van der Waals surface area contributed by atoms with Gasteiger partial charge in [-0.2, -0.15) is 5.26 Å². The van der Waals surface area contributed by atoms with Crippen LogP contribution in [0.3, 0.4) is 0 Å². The van der Waals surface area contributed by atoms with E-state index in [1.807, 2.05) is 37.4 Å². The third-order valence-corrected chi connectivity index (χ3v) is 1.83. The summed E-state index contributed by atoms with van der Waals surface area (Å²) in [7, 11) is 1.88. The van der Waals surface area contributed by atoms with E-state index in [1.165, 1.54) is 0 Å². The number of para-hydroxylation sites is 1. The normalized spacial score (nSPS) is 11.8. The Morgan fingerprint density at radius 2 is 2.21 bits per heavy atom. The minimum absolute atomic E-state index is 0.409. The molecule has 1 aromatic rings. The molecule has 0 bridgehead atoms. The summed E-state index contributed by atoms with van der Waals surface area (Å²) in [6.07, 6.45) is -0.409. The third-order valence-electron chi connectivity index (χ3n) is 1.83. The minimum Gasteiger partial charge on any atom is -0.476 e. The lowest BCUT2D eigenvalue weighted by atomic mass is 10.2. The summed E-state index contributed by atoms with van der Waals surface area (Å²) in [4.78, 5) is 0. The van der Waals surface area contributed by atoms with Crippen LogP contribution < -0.4 is 10.1 Å². The van der Waals surface area contributed by atoms with E-state index < -0.39 is 6.10 Å². The first kappa shape index (κ1) is 10.6. The highest BCUT2D eigenvalue weighted by molar-refractivity contribution is 5.33. The summed E-state index contributed by atoms with van der Waals surface area (Å²) in [5.41, 5.74) is 1.07. The predicted molar refractivity (Wildman–Crippen MR) is 54.9 cm³/mol. The predicted octanol–water partition coefficient (Wildman–Crippen LogP) is 1.70. The fraction of sp³-hybridized carbons (Fsp3) is 0.364. The van der Waals surface area contributed by atoms with E-state index in [4.69, 9.17) is 10.00 Å². The van der Waals surface area contributed by atoms with Crippen LogP contribution in [0.5, 0.6) is 5.75 Å². The first-order chi connectivity index (χ1) is 6.77. The smallest absolute Gasteiger partial charge is 0.181 e. The molecule has 0 aliphatic carbocycles. The van der Waals surface area contributed by atoms with Crippen LogP contribution in [0, 0.1) is 11.3 Å². The molecular formula is C11H14N2O. The van der Waals surface area contributed by atoms with Crippen LogP contribution in [0.2, 0.25) is 0 Å². The van der Waals surface area contributed by atoms with Gasteiger partial charge in [0, 0.05) is 12.1 Å². The molecular weight excluding hydrogens is 176 g/mol. The van der Waals surface area contributed by atoms with E-state index in [0.717, 1.165) is 17.9 Å². The Kier molecular flexibility index (Phi) is 3.96. The molecule has 1 N–H and O–H groups in total. The van der Waals surface area contributed by atoms with E-state index in [-0.39, 0.29) is 0 Å². The lowest BCUT2D eigenvalue weighted by Crippen LogP contribution is -2.12. The van der Waals surface area contributed by atoms with Gasteiger partial charge in [0.05, 0.1) is 0 Å². The first-order valence-electron chi connectivity index (χ1n) is 4.56. The van der Waals surface area contributed by atoms with Gasteiger partial charge in [-0.05, 0) is 20.0 Å². The quantitative estimate of drug-likeness (QED) is 0.786. The zero-order valence-corrected chi connectivity index (χ0v) is 8.45. The molecule has 3 heteroatoms. The standard InChI is InChI=1S/C11H14N2O/c1-9(7-12)14-11-6-4-3-5-10(11)8-13-2/h3-6,9,13H,8H2,1-2H3. The number of hydrogen-bond donors (Lipinski definition) is 1. The highest BCUT2D eigenvalue weighted by atomic mass is 16.5. The fourth-order valence-electron chi connectivity index (χ4n) is 1.17. The molecule has 0 fully saturated rings. The van der Waals surface area contributed by atoms with Crippen molar-refractivity contribution in [2.45, 2.75) is 19.6 Å². The molecule has 1 unspecified atom stereocenters. The van der Waals surface area contributed by atoms with E-state index in [2.05, 4.69) is 5.32 Å². The Morgan fingerprint density at radius 3 is 2.86 bits per heavy atom. The molecule has 0 heterocycles. The maximum absolute atomic E-state index is 8.63. The molecule has 0 amide bonds. The molecule has 1 rings (SSSR count). The molecule has 0 aromatic heterocycles. The Labute approximate surface area is 84.3 Å². The van der Waals surface area contributed by atoms with Crippen LogP contribution in [-0.2, 0) is 6.54 Å². The fourth-order valence-corrected chi connectivity index (χ4v) is 1.17. The van der Waals surface area contributed by atoms with Gasteiger partial charge in [-0.1, -0.05) is 18.2 Å². The molecule has 0 aliphatic rings. The van der Waals surface area contributed by atoms with Crippen molar-refractivity contribution in [1.29, 1.82) is 5.26 Å². The summed E-state index contributed by atoms with van der Waals surface area (Å²) in [6.45, 7) is 2.48. The van der Waals surface area contributed by atoms with Gasteiger partial charge < -0.3 is 10.1 Å².